The van der Waals surface area contributed by atoms with E-state index in [2.05, 4.69) is 19.9 Å². The number of methoxy groups -OCH3 is 1. The molecule has 2 aromatic rings. The Hall–Kier alpha value is -2.46. The number of aromatic nitrogens is 2. The lowest BCUT2D eigenvalue weighted by atomic mass is 10.1. The Bertz CT molecular complexity index is 526. The van der Waals surface area contributed by atoms with Gasteiger partial charge < -0.3 is 4.74 Å². The molecular weight excluding hydrogens is 210 g/mol. The number of rotatable bonds is 3. The first-order valence-electron chi connectivity index (χ1n) is 4.40. The van der Waals surface area contributed by atoms with E-state index in [0.29, 0.717) is 5.69 Å². The van der Waals surface area contributed by atoms with Gasteiger partial charge in [0.05, 0.1) is 7.11 Å². The molecule has 0 radical (unpaired) electrons. The van der Waals surface area contributed by atoms with Crippen LogP contribution in [0.2, 0.25) is 0 Å². The zero-order valence-corrected chi connectivity index (χ0v) is 8.38. The van der Waals surface area contributed by atoms with Crippen LogP contribution in [0.1, 0.15) is 0 Å². The number of benzene rings is 1. The van der Waals surface area contributed by atoms with Crippen molar-refractivity contribution < 1.29 is 14.2 Å². The van der Waals surface area contributed by atoms with Crippen LogP contribution in [0, 0.1) is 0 Å². The van der Waals surface area contributed by atoms with Crippen molar-refractivity contribution in [3.8, 4) is 17.0 Å². The summed E-state index contributed by atoms with van der Waals surface area (Å²) in [6.07, 6.45) is 1.39. The van der Waals surface area contributed by atoms with Crippen LogP contribution in [0.25, 0.3) is 11.3 Å². The molecule has 0 spiro atoms. The summed E-state index contributed by atoms with van der Waals surface area (Å²) in [4.78, 5) is 13.5. The number of ether oxygens (including phenoxy) is 1. The summed E-state index contributed by atoms with van der Waals surface area (Å²) in [5.41, 5.74) is 1.13. The van der Waals surface area contributed by atoms with Gasteiger partial charge >= 0.3 is 0 Å². The Morgan fingerprint density at radius 3 is 2.69 bits per heavy atom. The zero-order chi connectivity index (χ0) is 11.4. The molecule has 0 saturated carbocycles. The predicted octanol–water partition coefficient (Wildman–Crippen LogP) is 1.71. The van der Waals surface area contributed by atoms with Crippen molar-refractivity contribution >= 4 is 11.9 Å². The number of hydrogen-bond donors (Lipinski definition) is 0. The van der Waals surface area contributed by atoms with E-state index < -0.39 is 0 Å². The van der Waals surface area contributed by atoms with Crippen LogP contribution in [0.3, 0.4) is 0 Å². The average Bonchev–Trinajstić information content (AvgIpc) is 2.78. The molecule has 0 atom stereocenters. The molecule has 0 bridgehead atoms. The third-order valence-electron chi connectivity index (χ3n) is 1.99. The highest BCUT2D eigenvalue weighted by molar-refractivity contribution is 5.70. The average molecular weight is 217 g/mol. The number of carbonyl (C=O) groups excluding carboxylic acids is 1. The maximum absolute atomic E-state index is 10.1. The van der Waals surface area contributed by atoms with E-state index in [0.717, 1.165) is 11.3 Å². The molecule has 1 aromatic heterocycles. The van der Waals surface area contributed by atoms with E-state index in [-0.39, 0.29) is 5.82 Å². The second-order valence-electron chi connectivity index (χ2n) is 2.87. The largest absolute Gasteiger partial charge is 0.497 e. The molecule has 0 N–H and O–H groups in total. The summed E-state index contributed by atoms with van der Waals surface area (Å²) in [7, 11) is 1.58. The molecule has 0 aliphatic rings. The molecule has 0 fully saturated rings. The summed E-state index contributed by atoms with van der Waals surface area (Å²) in [6.45, 7) is 0. The molecule has 0 unspecified atom stereocenters. The van der Waals surface area contributed by atoms with Gasteiger partial charge in [0.25, 0.3) is 0 Å². The number of hydrogen-bond acceptors (Lipinski definition) is 6. The Morgan fingerprint density at radius 2 is 2.06 bits per heavy atom. The molecule has 1 heterocycles. The van der Waals surface area contributed by atoms with Crippen molar-refractivity contribution in [2.24, 2.45) is 4.99 Å². The summed E-state index contributed by atoms with van der Waals surface area (Å²) in [5.74, 6) is 0.834. The standard InChI is InChI=1S/C10H7N3O3/c1-15-8-4-2-7(3-5-8)9-10(11-6-14)13-16-12-9/h2-5H,1H3. The van der Waals surface area contributed by atoms with Gasteiger partial charge in [-0.25, -0.2) is 9.42 Å². The topological polar surface area (TPSA) is 77.6 Å². The smallest absolute Gasteiger partial charge is 0.242 e. The van der Waals surface area contributed by atoms with E-state index in [1.165, 1.54) is 6.08 Å². The zero-order valence-electron chi connectivity index (χ0n) is 8.38. The predicted molar refractivity (Wildman–Crippen MR) is 54.1 cm³/mol. The molecule has 6 nitrogen and oxygen atoms in total. The lowest BCUT2D eigenvalue weighted by Crippen LogP contribution is -1.83. The van der Waals surface area contributed by atoms with Crippen molar-refractivity contribution in [2.75, 3.05) is 7.11 Å². The Balaban J connectivity index is 2.42. The van der Waals surface area contributed by atoms with Crippen LogP contribution >= 0.6 is 0 Å². The van der Waals surface area contributed by atoms with Gasteiger partial charge in [-0.3, -0.25) is 0 Å². The van der Waals surface area contributed by atoms with E-state index in [1.807, 2.05) is 0 Å². The van der Waals surface area contributed by atoms with E-state index in [1.54, 1.807) is 31.4 Å². The minimum atomic E-state index is 0.111. The van der Waals surface area contributed by atoms with Gasteiger partial charge in [0.1, 0.15) is 5.75 Å². The van der Waals surface area contributed by atoms with Gasteiger partial charge in [0, 0.05) is 5.56 Å². The minimum absolute atomic E-state index is 0.111. The second-order valence-corrected chi connectivity index (χ2v) is 2.87. The molecule has 0 aliphatic carbocycles. The highest BCUT2D eigenvalue weighted by Crippen LogP contribution is 2.27. The van der Waals surface area contributed by atoms with Crippen LogP contribution in [-0.4, -0.2) is 23.5 Å². The van der Waals surface area contributed by atoms with Crippen LogP contribution in [0.5, 0.6) is 5.75 Å². The summed E-state index contributed by atoms with van der Waals surface area (Å²) in [6, 6.07) is 7.06. The van der Waals surface area contributed by atoms with Gasteiger partial charge in [-0.15, -0.1) is 4.99 Å². The van der Waals surface area contributed by atoms with Crippen molar-refractivity contribution in [1.82, 2.24) is 10.3 Å². The quantitative estimate of drug-likeness (QED) is 0.577. The van der Waals surface area contributed by atoms with Crippen LogP contribution < -0.4 is 4.74 Å². The lowest BCUT2D eigenvalue weighted by Gasteiger charge is -1.99. The Morgan fingerprint density at radius 1 is 1.31 bits per heavy atom. The van der Waals surface area contributed by atoms with Crippen molar-refractivity contribution in [1.29, 1.82) is 0 Å². The molecular formula is C10H7N3O3. The number of nitrogens with zero attached hydrogens (tertiary/aromatic N) is 3. The monoisotopic (exact) mass is 217 g/mol. The first-order valence-corrected chi connectivity index (χ1v) is 4.40. The van der Waals surface area contributed by atoms with Gasteiger partial charge in [0.15, 0.2) is 5.69 Å². The normalized spacial score (nSPS) is 9.56. The van der Waals surface area contributed by atoms with Gasteiger partial charge in [-0.1, -0.05) is 0 Å². The molecule has 2 rings (SSSR count). The highest BCUT2D eigenvalue weighted by atomic mass is 16.6. The van der Waals surface area contributed by atoms with E-state index in [4.69, 9.17) is 4.74 Å². The van der Waals surface area contributed by atoms with Gasteiger partial charge in [0.2, 0.25) is 11.9 Å². The molecule has 16 heavy (non-hydrogen) atoms. The Kier molecular flexibility index (Phi) is 2.75. The summed E-state index contributed by atoms with van der Waals surface area (Å²) >= 11 is 0. The Labute approximate surface area is 90.5 Å². The fourth-order valence-electron chi connectivity index (χ4n) is 1.23. The number of aliphatic imine (C=N–C) groups is 1. The third-order valence-corrected chi connectivity index (χ3v) is 1.99. The number of isocyanates is 1. The molecule has 0 saturated heterocycles. The lowest BCUT2D eigenvalue weighted by molar-refractivity contribution is 0.309. The van der Waals surface area contributed by atoms with E-state index >= 15 is 0 Å². The van der Waals surface area contributed by atoms with Gasteiger partial charge in [-0.2, -0.15) is 0 Å². The van der Waals surface area contributed by atoms with Crippen LogP contribution in [0.4, 0.5) is 5.82 Å². The maximum Gasteiger partial charge on any atom is 0.242 e. The van der Waals surface area contributed by atoms with E-state index in [9.17, 15) is 4.79 Å². The van der Waals surface area contributed by atoms with Crippen molar-refractivity contribution in [3.05, 3.63) is 24.3 Å². The highest BCUT2D eigenvalue weighted by Gasteiger charge is 2.11. The van der Waals surface area contributed by atoms with Crippen molar-refractivity contribution in [3.63, 3.8) is 0 Å². The first-order chi connectivity index (χ1) is 7.85. The summed E-state index contributed by atoms with van der Waals surface area (Å²) < 4.78 is 9.52. The third kappa shape index (κ3) is 1.82. The molecule has 1 aromatic carbocycles. The molecule has 6 heteroatoms. The molecule has 80 valence electrons. The minimum Gasteiger partial charge on any atom is -0.497 e. The molecule has 0 aliphatic heterocycles. The van der Waals surface area contributed by atoms with Crippen molar-refractivity contribution in [2.45, 2.75) is 0 Å². The fraction of sp³-hybridized carbons (Fsp3) is 0.100. The van der Waals surface area contributed by atoms with Crippen LogP contribution in [-0.2, 0) is 4.79 Å². The fourth-order valence-corrected chi connectivity index (χ4v) is 1.23. The van der Waals surface area contributed by atoms with Crippen LogP contribution in [0.15, 0.2) is 33.9 Å². The summed E-state index contributed by atoms with van der Waals surface area (Å²) in [5, 5.41) is 7.14. The SMILES string of the molecule is COc1ccc(-c2nonc2N=C=O)cc1. The van der Waals surface area contributed by atoms with Gasteiger partial charge in [-0.05, 0) is 34.6 Å². The molecule has 0 amide bonds. The maximum atomic E-state index is 10.1. The second kappa shape index (κ2) is 4.37. The first kappa shape index (κ1) is 10.1.